The number of hydrogen-bond donors (Lipinski definition) is 2. The number of aryl methyl sites for hydroxylation is 1. The van der Waals surface area contributed by atoms with E-state index in [1.54, 1.807) is 19.1 Å². The van der Waals surface area contributed by atoms with Gasteiger partial charge in [0.05, 0.1) is 17.5 Å². The summed E-state index contributed by atoms with van der Waals surface area (Å²) >= 11 is 1.47. The van der Waals surface area contributed by atoms with Gasteiger partial charge in [0.2, 0.25) is 4.96 Å². The zero-order chi connectivity index (χ0) is 17.0. The molecule has 1 aromatic carbocycles. The molecule has 3 aromatic heterocycles. The summed E-state index contributed by atoms with van der Waals surface area (Å²) in [5.41, 5.74) is 3.04. The van der Waals surface area contributed by atoms with Crippen LogP contribution in [0, 0.1) is 6.92 Å². The fraction of sp³-hybridized carbons (Fsp3) is 0.353. The van der Waals surface area contributed by atoms with Crippen molar-refractivity contribution in [2.75, 3.05) is 13.1 Å². The average molecular weight is 355 g/mol. The lowest BCUT2D eigenvalue weighted by Gasteiger charge is -2.20. The van der Waals surface area contributed by atoms with Crippen LogP contribution >= 0.6 is 11.3 Å². The van der Waals surface area contributed by atoms with Crippen LogP contribution in [0.2, 0.25) is 0 Å². The molecule has 0 atom stereocenters. The Hall–Kier alpha value is -2.45. The second kappa shape index (κ2) is 5.53. The Bertz CT molecular complexity index is 1040. The molecule has 1 saturated heterocycles. The van der Waals surface area contributed by atoms with Gasteiger partial charge in [0, 0.05) is 18.9 Å². The van der Waals surface area contributed by atoms with Crippen LogP contribution in [0.3, 0.4) is 0 Å². The fourth-order valence-corrected chi connectivity index (χ4v) is 4.30. The highest BCUT2D eigenvalue weighted by atomic mass is 32.1. The monoisotopic (exact) mass is 355 g/mol. The first-order chi connectivity index (χ1) is 12.2. The van der Waals surface area contributed by atoms with Crippen molar-refractivity contribution >= 4 is 27.4 Å². The Kier molecular flexibility index (Phi) is 3.29. The van der Waals surface area contributed by atoms with E-state index in [0.717, 1.165) is 36.6 Å². The SMILES string of the molecule is Cc1nc2cc(O)c(-c3nn4cc(C5CCNCC5)nc4s3)cc2o1. The van der Waals surface area contributed by atoms with Crippen molar-refractivity contribution in [2.24, 2.45) is 0 Å². The standard InChI is InChI=1S/C17H17N5O2S/c1-9-19-12-7-14(23)11(6-15(12)24-9)16-21-22-8-13(20-17(22)25-16)10-2-4-18-5-3-10/h6-8,10,18,23H,2-5H2,1H3. The molecule has 1 fully saturated rings. The van der Waals surface area contributed by atoms with Gasteiger partial charge < -0.3 is 14.8 Å². The number of nitrogens with one attached hydrogen (secondary N) is 1. The Morgan fingerprint density at radius 1 is 1.28 bits per heavy atom. The van der Waals surface area contributed by atoms with Crippen LogP contribution in [0.4, 0.5) is 0 Å². The Morgan fingerprint density at radius 3 is 2.92 bits per heavy atom. The number of aromatic hydroxyl groups is 1. The summed E-state index contributed by atoms with van der Waals surface area (Å²) in [6.07, 6.45) is 4.24. The number of oxazole rings is 1. The molecule has 4 heterocycles. The number of benzene rings is 1. The molecule has 0 aliphatic carbocycles. The first-order valence-corrected chi connectivity index (χ1v) is 9.16. The molecule has 128 valence electrons. The third-order valence-electron chi connectivity index (χ3n) is 4.66. The van der Waals surface area contributed by atoms with Crippen molar-refractivity contribution in [2.45, 2.75) is 25.7 Å². The van der Waals surface area contributed by atoms with Gasteiger partial charge in [0.15, 0.2) is 16.5 Å². The molecule has 2 N–H and O–H groups in total. The summed E-state index contributed by atoms with van der Waals surface area (Å²) in [6.45, 7) is 3.87. The number of aromatic nitrogens is 4. The number of nitrogens with zero attached hydrogens (tertiary/aromatic N) is 4. The maximum atomic E-state index is 10.3. The Morgan fingerprint density at radius 2 is 2.12 bits per heavy atom. The summed E-state index contributed by atoms with van der Waals surface area (Å²) in [5.74, 6) is 1.23. The number of piperidine rings is 1. The predicted octanol–water partition coefficient (Wildman–Crippen LogP) is 3.08. The highest BCUT2D eigenvalue weighted by Gasteiger charge is 2.21. The van der Waals surface area contributed by atoms with Crippen LogP contribution in [-0.4, -0.2) is 37.8 Å². The van der Waals surface area contributed by atoms with Gasteiger partial charge in [-0.15, -0.1) is 0 Å². The first-order valence-electron chi connectivity index (χ1n) is 8.35. The quantitative estimate of drug-likeness (QED) is 0.574. The highest BCUT2D eigenvalue weighted by Crippen LogP contribution is 2.36. The van der Waals surface area contributed by atoms with E-state index in [9.17, 15) is 5.11 Å². The smallest absolute Gasteiger partial charge is 0.212 e. The molecule has 1 aliphatic rings. The predicted molar refractivity (Wildman–Crippen MR) is 95.1 cm³/mol. The van der Waals surface area contributed by atoms with Crippen molar-refractivity contribution < 1.29 is 9.52 Å². The van der Waals surface area contributed by atoms with E-state index in [1.807, 2.05) is 10.7 Å². The Labute approximate surface area is 147 Å². The van der Waals surface area contributed by atoms with E-state index in [4.69, 9.17) is 9.40 Å². The van der Waals surface area contributed by atoms with Gasteiger partial charge in [-0.25, -0.2) is 14.5 Å². The maximum Gasteiger partial charge on any atom is 0.212 e. The Balaban J connectivity index is 1.54. The maximum absolute atomic E-state index is 10.3. The van der Waals surface area contributed by atoms with Gasteiger partial charge in [-0.3, -0.25) is 0 Å². The molecule has 0 bridgehead atoms. The molecule has 0 amide bonds. The topological polar surface area (TPSA) is 88.5 Å². The lowest BCUT2D eigenvalue weighted by atomic mass is 9.95. The number of phenolic OH excluding ortho intramolecular Hbond substituents is 1. The van der Waals surface area contributed by atoms with Crippen LogP contribution in [0.5, 0.6) is 5.75 Å². The first kappa shape index (κ1) is 14.9. The number of rotatable bonds is 2. The van der Waals surface area contributed by atoms with Crippen molar-refractivity contribution in [1.29, 1.82) is 0 Å². The van der Waals surface area contributed by atoms with Crippen LogP contribution in [0.25, 0.3) is 26.6 Å². The zero-order valence-corrected chi connectivity index (χ0v) is 14.5. The van der Waals surface area contributed by atoms with Crippen molar-refractivity contribution in [3.05, 3.63) is 29.9 Å². The van der Waals surface area contributed by atoms with E-state index < -0.39 is 0 Å². The highest BCUT2D eigenvalue weighted by molar-refractivity contribution is 7.19. The van der Waals surface area contributed by atoms with E-state index >= 15 is 0 Å². The number of hydrogen-bond acceptors (Lipinski definition) is 7. The molecular formula is C17H17N5O2S. The van der Waals surface area contributed by atoms with Gasteiger partial charge in [0.25, 0.3) is 0 Å². The minimum atomic E-state index is 0.149. The molecule has 0 radical (unpaired) electrons. The summed E-state index contributed by atoms with van der Waals surface area (Å²) in [5, 5.41) is 19.0. The van der Waals surface area contributed by atoms with Gasteiger partial charge in [-0.05, 0) is 32.0 Å². The molecule has 5 rings (SSSR count). The fourth-order valence-electron chi connectivity index (χ4n) is 3.39. The largest absolute Gasteiger partial charge is 0.507 e. The molecule has 1 aliphatic heterocycles. The third kappa shape index (κ3) is 2.49. The summed E-state index contributed by atoms with van der Waals surface area (Å²) < 4.78 is 7.38. The lowest BCUT2D eigenvalue weighted by Crippen LogP contribution is -2.26. The van der Waals surface area contributed by atoms with E-state index in [1.165, 1.54) is 11.3 Å². The van der Waals surface area contributed by atoms with Crippen molar-refractivity contribution in [3.63, 3.8) is 0 Å². The van der Waals surface area contributed by atoms with Crippen molar-refractivity contribution in [3.8, 4) is 16.3 Å². The normalized spacial score (nSPS) is 16.2. The zero-order valence-electron chi connectivity index (χ0n) is 13.7. The van der Waals surface area contributed by atoms with Gasteiger partial charge in [-0.1, -0.05) is 11.3 Å². The minimum Gasteiger partial charge on any atom is -0.507 e. The lowest BCUT2D eigenvalue weighted by molar-refractivity contribution is 0.454. The number of fused-ring (bicyclic) bond motifs is 2. The molecule has 7 nitrogen and oxygen atoms in total. The summed E-state index contributed by atoms with van der Waals surface area (Å²) in [4.78, 5) is 9.84. The number of imidazole rings is 1. The summed E-state index contributed by atoms with van der Waals surface area (Å²) in [6, 6.07) is 3.41. The van der Waals surface area contributed by atoms with Crippen LogP contribution in [0.15, 0.2) is 22.7 Å². The van der Waals surface area contributed by atoms with Crippen LogP contribution in [-0.2, 0) is 0 Å². The van der Waals surface area contributed by atoms with Crippen LogP contribution < -0.4 is 5.32 Å². The molecule has 4 aromatic rings. The van der Waals surface area contributed by atoms with Crippen molar-refractivity contribution in [1.82, 2.24) is 24.9 Å². The second-order valence-corrected chi connectivity index (χ2v) is 7.35. The van der Waals surface area contributed by atoms with Crippen LogP contribution in [0.1, 0.15) is 30.3 Å². The van der Waals surface area contributed by atoms with Gasteiger partial charge >= 0.3 is 0 Å². The molecular weight excluding hydrogens is 338 g/mol. The molecule has 0 unspecified atom stereocenters. The molecule has 8 heteroatoms. The average Bonchev–Trinajstić information content (AvgIpc) is 3.26. The summed E-state index contributed by atoms with van der Waals surface area (Å²) in [7, 11) is 0. The molecule has 25 heavy (non-hydrogen) atoms. The second-order valence-electron chi connectivity index (χ2n) is 6.39. The van der Waals surface area contributed by atoms with E-state index in [0.29, 0.717) is 33.5 Å². The number of phenols is 1. The minimum absolute atomic E-state index is 0.149. The van der Waals surface area contributed by atoms with Gasteiger partial charge in [-0.2, -0.15) is 5.10 Å². The van der Waals surface area contributed by atoms with E-state index in [-0.39, 0.29) is 5.75 Å². The third-order valence-corrected chi connectivity index (χ3v) is 5.62. The van der Waals surface area contributed by atoms with Gasteiger partial charge in [0.1, 0.15) is 11.3 Å². The van der Waals surface area contributed by atoms with E-state index in [2.05, 4.69) is 15.4 Å². The molecule has 0 saturated carbocycles. The molecule has 0 spiro atoms.